The first-order valence-electron chi connectivity index (χ1n) is 9.46. The van der Waals surface area contributed by atoms with Crippen LogP contribution in [0.4, 0.5) is 5.69 Å². The van der Waals surface area contributed by atoms with Crippen LogP contribution in [-0.2, 0) is 9.59 Å². The Balaban J connectivity index is 1.78. The largest absolute Gasteiger partial charge is 0.426 e. The van der Waals surface area contributed by atoms with Crippen molar-refractivity contribution in [2.24, 2.45) is 5.92 Å². The summed E-state index contributed by atoms with van der Waals surface area (Å²) in [6.45, 7) is 10.5. The van der Waals surface area contributed by atoms with Crippen molar-refractivity contribution >= 4 is 17.6 Å². The molecule has 1 aliphatic heterocycles. The van der Waals surface area contributed by atoms with Crippen LogP contribution in [0.25, 0.3) is 0 Å². The average Bonchev–Trinajstić information content (AvgIpc) is 2.96. The second-order valence-corrected chi connectivity index (χ2v) is 7.81. The van der Waals surface area contributed by atoms with Gasteiger partial charge in [-0.15, -0.1) is 0 Å². The van der Waals surface area contributed by atoms with E-state index in [4.69, 9.17) is 4.74 Å². The number of carbonyl (C=O) groups excluding carboxylic acids is 2. The summed E-state index contributed by atoms with van der Waals surface area (Å²) < 4.78 is 5.74. The molecule has 1 aliphatic rings. The van der Waals surface area contributed by atoms with E-state index in [0.717, 1.165) is 27.9 Å². The number of rotatable bonds is 4. The van der Waals surface area contributed by atoms with Gasteiger partial charge in [-0.2, -0.15) is 0 Å². The number of carbonyl (C=O) groups is 2. The molecule has 2 aromatic carbocycles. The zero-order chi connectivity index (χ0) is 19.7. The highest BCUT2D eigenvalue weighted by Gasteiger charge is 2.37. The van der Waals surface area contributed by atoms with E-state index >= 15 is 0 Å². The lowest BCUT2D eigenvalue weighted by molar-refractivity contribution is -0.139. The van der Waals surface area contributed by atoms with Gasteiger partial charge < -0.3 is 9.64 Å². The van der Waals surface area contributed by atoms with Crippen molar-refractivity contribution in [1.82, 2.24) is 0 Å². The van der Waals surface area contributed by atoms with Crippen LogP contribution in [0.3, 0.4) is 0 Å². The highest BCUT2D eigenvalue weighted by atomic mass is 16.5. The molecule has 4 heteroatoms. The molecule has 1 saturated heterocycles. The predicted octanol–water partition coefficient (Wildman–Crippen LogP) is 4.69. The Bertz CT molecular complexity index is 885. The number of benzene rings is 2. The van der Waals surface area contributed by atoms with Gasteiger partial charge in [0.05, 0.1) is 5.92 Å². The van der Waals surface area contributed by atoms with Crippen molar-refractivity contribution in [2.75, 3.05) is 11.4 Å². The molecule has 0 aromatic heterocycles. The third-order valence-corrected chi connectivity index (χ3v) is 5.10. The van der Waals surface area contributed by atoms with E-state index in [1.165, 1.54) is 0 Å². The molecule has 0 N–H and O–H groups in total. The Kier molecular flexibility index (Phi) is 5.36. The summed E-state index contributed by atoms with van der Waals surface area (Å²) in [4.78, 5) is 27.0. The maximum Gasteiger partial charge on any atom is 0.316 e. The molecule has 1 atom stereocenters. The van der Waals surface area contributed by atoms with E-state index in [0.29, 0.717) is 12.3 Å². The molecule has 0 radical (unpaired) electrons. The van der Waals surface area contributed by atoms with Crippen LogP contribution in [0.1, 0.15) is 48.4 Å². The van der Waals surface area contributed by atoms with Gasteiger partial charge in [0.25, 0.3) is 0 Å². The summed E-state index contributed by atoms with van der Waals surface area (Å²) in [7, 11) is 0. The molecule has 0 unspecified atom stereocenters. The van der Waals surface area contributed by atoms with Crippen molar-refractivity contribution in [2.45, 2.75) is 47.0 Å². The number of ether oxygens (including phenoxy) is 1. The topological polar surface area (TPSA) is 46.6 Å². The van der Waals surface area contributed by atoms with Crippen LogP contribution < -0.4 is 9.64 Å². The molecule has 0 bridgehead atoms. The molecule has 0 spiro atoms. The van der Waals surface area contributed by atoms with Crippen LogP contribution in [0, 0.1) is 26.7 Å². The van der Waals surface area contributed by atoms with E-state index < -0.39 is 5.92 Å². The minimum atomic E-state index is -0.446. The van der Waals surface area contributed by atoms with Crippen LogP contribution in [0.2, 0.25) is 0 Å². The number of anilines is 1. The van der Waals surface area contributed by atoms with Crippen LogP contribution >= 0.6 is 0 Å². The molecule has 27 heavy (non-hydrogen) atoms. The van der Waals surface area contributed by atoms with Gasteiger partial charge in [0.2, 0.25) is 5.91 Å². The molecule has 1 fully saturated rings. The number of nitrogens with zero attached hydrogens (tertiary/aromatic N) is 1. The zero-order valence-corrected chi connectivity index (χ0v) is 16.7. The molecular formula is C23H27NO3. The van der Waals surface area contributed by atoms with Crippen molar-refractivity contribution in [3.8, 4) is 5.75 Å². The van der Waals surface area contributed by atoms with E-state index in [1.807, 2.05) is 51.1 Å². The van der Waals surface area contributed by atoms with Gasteiger partial charge in [0, 0.05) is 18.7 Å². The maximum atomic E-state index is 12.8. The Morgan fingerprint density at radius 1 is 1.07 bits per heavy atom. The monoisotopic (exact) mass is 365 g/mol. The quantitative estimate of drug-likeness (QED) is 0.583. The third-order valence-electron chi connectivity index (χ3n) is 5.10. The maximum absolute atomic E-state index is 12.8. The minimum Gasteiger partial charge on any atom is -0.426 e. The van der Waals surface area contributed by atoms with Crippen LogP contribution in [0.15, 0.2) is 36.4 Å². The van der Waals surface area contributed by atoms with Crippen molar-refractivity contribution < 1.29 is 14.3 Å². The van der Waals surface area contributed by atoms with Crippen LogP contribution in [-0.4, -0.2) is 18.4 Å². The fourth-order valence-corrected chi connectivity index (χ4v) is 3.61. The first-order valence-corrected chi connectivity index (χ1v) is 9.46. The summed E-state index contributed by atoms with van der Waals surface area (Å²) in [6, 6.07) is 11.9. The molecule has 4 nitrogen and oxygen atoms in total. The average molecular weight is 365 g/mol. The lowest BCUT2D eigenvalue weighted by Gasteiger charge is -2.19. The number of hydrogen-bond acceptors (Lipinski definition) is 3. The van der Waals surface area contributed by atoms with E-state index in [-0.39, 0.29) is 24.2 Å². The van der Waals surface area contributed by atoms with Gasteiger partial charge in [0.1, 0.15) is 5.75 Å². The Morgan fingerprint density at radius 3 is 2.41 bits per heavy atom. The van der Waals surface area contributed by atoms with Gasteiger partial charge in [-0.05, 0) is 55.5 Å². The highest BCUT2D eigenvalue weighted by Crippen LogP contribution is 2.32. The smallest absolute Gasteiger partial charge is 0.316 e. The predicted molar refractivity (Wildman–Crippen MR) is 107 cm³/mol. The number of esters is 1. The molecule has 142 valence electrons. The SMILES string of the molecule is Cc1ccc(N2C[C@@H](C(=O)Oc3cc(C)ccc3C(C)C)CC2=O)c(C)c1. The molecule has 0 aliphatic carbocycles. The second kappa shape index (κ2) is 7.55. The Hall–Kier alpha value is -2.62. The molecule has 1 amide bonds. The van der Waals surface area contributed by atoms with Gasteiger partial charge in [-0.1, -0.05) is 43.7 Å². The van der Waals surface area contributed by atoms with E-state index in [9.17, 15) is 9.59 Å². The first-order chi connectivity index (χ1) is 12.8. The Labute approximate surface area is 161 Å². The number of aryl methyl sites for hydroxylation is 3. The molecule has 2 aromatic rings. The molecule has 1 heterocycles. The summed E-state index contributed by atoms with van der Waals surface area (Å²) in [5.41, 5.74) is 5.11. The van der Waals surface area contributed by atoms with Crippen molar-refractivity contribution in [3.05, 3.63) is 58.7 Å². The van der Waals surface area contributed by atoms with Gasteiger partial charge in [-0.25, -0.2) is 0 Å². The molecule has 0 saturated carbocycles. The fourth-order valence-electron chi connectivity index (χ4n) is 3.61. The zero-order valence-electron chi connectivity index (χ0n) is 16.7. The first kappa shape index (κ1) is 19.2. The Morgan fingerprint density at radius 2 is 1.74 bits per heavy atom. The minimum absolute atomic E-state index is 0.0303. The van der Waals surface area contributed by atoms with Crippen molar-refractivity contribution in [1.29, 1.82) is 0 Å². The lowest BCUT2D eigenvalue weighted by atomic mass is 10.0. The number of amides is 1. The molecular weight excluding hydrogens is 338 g/mol. The lowest BCUT2D eigenvalue weighted by Crippen LogP contribution is -2.28. The summed E-state index contributed by atoms with van der Waals surface area (Å²) in [5, 5.41) is 0. The normalized spacial score (nSPS) is 16.9. The van der Waals surface area contributed by atoms with Crippen molar-refractivity contribution in [3.63, 3.8) is 0 Å². The van der Waals surface area contributed by atoms with Gasteiger partial charge in [0.15, 0.2) is 0 Å². The summed E-state index contributed by atoms with van der Waals surface area (Å²) >= 11 is 0. The van der Waals surface area contributed by atoms with E-state index in [1.54, 1.807) is 4.90 Å². The standard InChI is InChI=1S/C23H27NO3/c1-14(2)19-8-6-16(4)11-21(19)27-23(26)18-12-22(25)24(13-18)20-9-7-15(3)10-17(20)5/h6-11,14,18H,12-13H2,1-5H3/t18-/m0/s1. The fraction of sp³-hybridized carbons (Fsp3) is 0.391. The number of hydrogen-bond donors (Lipinski definition) is 0. The highest BCUT2D eigenvalue weighted by molar-refractivity contribution is 6.00. The molecule has 3 rings (SSSR count). The van der Waals surface area contributed by atoms with Gasteiger partial charge in [-0.3, -0.25) is 9.59 Å². The van der Waals surface area contributed by atoms with Crippen LogP contribution in [0.5, 0.6) is 5.75 Å². The van der Waals surface area contributed by atoms with E-state index in [2.05, 4.69) is 19.9 Å². The summed E-state index contributed by atoms with van der Waals surface area (Å²) in [5.74, 6) is 0.0526. The third kappa shape index (κ3) is 4.05. The second-order valence-electron chi connectivity index (χ2n) is 7.81. The van der Waals surface area contributed by atoms with Gasteiger partial charge >= 0.3 is 5.97 Å². The summed E-state index contributed by atoms with van der Waals surface area (Å²) in [6.07, 6.45) is 0.189.